The number of sulfonamides is 1. The van der Waals surface area contributed by atoms with Crippen molar-refractivity contribution in [1.82, 2.24) is 19.9 Å². The second-order valence-electron chi connectivity index (χ2n) is 6.28. The summed E-state index contributed by atoms with van der Waals surface area (Å²) in [6, 6.07) is 5.31. The maximum Gasteiger partial charge on any atom is 0.242 e. The molecule has 2 aromatic rings. The number of aromatic nitrogens is 1. The molecule has 0 radical (unpaired) electrons. The van der Waals surface area contributed by atoms with Crippen LogP contribution >= 0.6 is 11.3 Å². The van der Waals surface area contributed by atoms with Gasteiger partial charge in [-0.15, -0.1) is 11.3 Å². The van der Waals surface area contributed by atoms with Crippen molar-refractivity contribution in [3.05, 3.63) is 40.8 Å². The summed E-state index contributed by atoms with van der Waals surface area (Å²) in [7, 11) is -1.76. The summed E-state index contributed by atoms with van der Waals surface area (Å²) in [6.45, 7) is 5.08. The van der Waals surface area contributed by atoms with Crippen LogP contribution in [0.15, 0.2) is 45.9 Å². The average Bonchev–Trinajstić information content (AvgIpc) is 3.28. The van der Waals surface area contributed by atoms with Crippen molar-refractivity contribution in [3.8, 4) is 0 Å². The molecule has 0 aliphatic heterocycles. The molecule has 0 aliphatic carbocycles. The van der Waals surface area contributed by atoms with Crippen LogP contribution in [0.2, 0.25) is 0 Å². The Balaban J connectivity index is 1.87. The van der Waals surface area contributed by atoms with E-state index in [4.69, 9.17) is 0 Å². The molecular formula is C17H27N5O3S2. The van der Waals surface area contributed by atoms with Crippen molar-refractivity contribution < 1.29 is 13.5 Å². The lowest BCUT2D eigenvalue weighted by molar-refractivity contribution is 0.0711. The van der Waals surface area contributed by atoms with E-state index in [1.54, 1.807) is 37.0 Å². The number of hydrogen-bond donors (Lipinski definition) is 4. The molecule has 4 N–H and O–H groups in total. The van der Waals surface area contributed by atoms with Crippen molar-refractivity contribution in [2.75, 3.05) is 26.2 Å². The zero-order valence-corrected chi connectivity index (χ0v) is 17.4. The molecule has 2 rings (SSSR count). The molecule has 0 aromatic carbocycles. The summed E-state index contributed by atoms with van der Waals surface area (Å²) in [4.78, 5) is 5.49. The number of hydrogen-bond acceptors (Lipinski definition) is 5. The van der Waals surface area contributed by atoms with E-state index in [2.05, 4.69) is 20.3 Å². The second-order valence-corrected chi connectivity index (χ2v) is 9.00. The number of nitrogens with zero attached hydrogens (tertiary/aromatic N) is 2. The second kappa shape index (κ2) is 9.36. The average molecular weight is 414 g/mol. The molecule has 1 unspecified atom stereocenters. The fourth-order valence-corrected chi connectivity index (χ4v) is 4.19. The third-order valence-corrected chi connectivity index (χ3v) is 6.34. The first-order chi connectivity index (χ1) is 12.7. The number of aliphatic hydroxyl groups is 1. The van der Waals surface area contributed by atoms with Crippen LogP contribution in [0.1, 0.15) is 18.7 Å². The molecule has 27 heavy (non-hydrogen) atoms. The standard InChI is InChI=1S/C17H27N5O3S2/c1-4-18-16(20-13-17(2,23)15-6-5-11-26-15)19-8-9-21-27(24,25)14-7-10-22(3)12-14/h5-7,10-12,21,23H,4,8-9,13H2,1-3H3,(H2,18,19,20). The maximum atomic E-state index is 12.2. The van der Waals surface area contributed by atoms with E-state index < -0.39 is 15.6 Å². The molecule has 10 heteroatoms. The quantitative estimate of drug-likeness (QED) is 0.277. The summed E-state index contributed by atoms with van der Waals surface area (Å²) >= 11 is 1.48. The Hall–Kier alpha value is -1.88. The molecule has 1 atom stereocenters. The SMILES string of the molecule is CCNC(=NCC(C)(O)c1cccs1)NCCNS(=O)(=O)c1ccn(C)c1. The highest BCUT2D eigenvalue weighted by Gasteiger charge is 2.24. The number of guanidine groups is 1. The van der Waals surface area contributed by atoms with Crippen LogP contribution in [-0.2, 0) is 22.7 Å². The van der Waals surface area contributed by atoms with Gasteiger partial charge in [0, 0.05) is 44.0 Å². The van der Waals surface area contributed by atoms with Gasteiger partial charge in [0.1, 0.15) is 5.60 Å². The van der Waals surface area contributed by atoms with E-state index in [0.29, 0.717) is 19.0 Å². The molecule has 0 saturated heterocycles. The van der Waals surface area contributed by atoms with Crippen molar-refractivity contribution in [2.45, 2.75) is 24.3 Å². The Labute approximate surface area is 164 Å². The number of thiophene rings is 1. The Kier molecular flexibility index (Phi) is 7.42. The fourth-order valence-electron chi connectivity index (χ4n) is 2.32. The smallest absolute Gasteiger partial charge is 0.242 e. The van der Waals surface area contributed by atoms with Crippen molar-refractivity contribution in [3.63, 3.8) is 0 Å². The molecular weight excluding hydrogens is 386 g/mol. The fraction of sp³-hybridized carbons (Fsp3) is 0.471. The van der Waals surface area contributed by atoms with Gasteiger partial charge >= 0.3 is 0 Å². The molecule has 0 spiro atoms. The number of aryl methyl sites for hydroxylation is 1. The molecule has 2 aromatic heterocycles. The van der Waals surface area contributed by atoms with Crippen LogP contribution in [0, 0.1) is 0 Å². The van der Waals surface area contributed by atoms with Crippen molar-refractivity contribution in [2.24, 2.45) is 12.0 Å². The third-order valence-electron chi connectivity index (χ3n) is 3.77. The molecule has 0 fully saturated rings. The lowest BCUT2D eigenvalue weighted by Gasteiger charge is -2.20. The van der Waals surface area contributed by atoms with Gasteiger partial charge < -0.3 is 20.3 Å². The number of nitrogens with one attached hydrogen (secondary N) is 3. The largest absolute Gasteiger partial charge is 0.383 e. The summed E-state index contributed by atoms with van der Waals surface area (Å²) in [5, 5.41) is 18.6. The van der Waals surface area contributed by atoms with Gasteiger partial charge in [-0.3, -0.25) is 0 Å². The third kappa shape index (κ3) is 6.35. The molecule has 0 bridgehead atoms. The summed E-state index contributed by atoms with van der Waals surface area (Å²) in [5.41, 5.74) is -1.05. The van der Waals surface area contributed by atoms with Gasteiger partial charge in [-0.2, -0.15) is 0 Å². The number of rotatable bonds is 9. The first-order valence-corrected chi connectivity index (χ1v) is 11.0. The summed E-state index contributed by atoms with van der Waals surface area (Å²) in [5.74, 6) is 0.522. The summed E-state index contributed by atoms with van der Waals surface area (Å²) in [6.07, 6.45) is 3.23. The first-order valence-electron chi connectivity index (χ1n) is 8.65. The molecule has 0 aliphatic rings. The molecule has 8 nitrogen and oxygen atoms in total. The number of aliphatic imine (C=N–C) groups is 1. The van der Waals surface area contributed by atoms with Crippen LogP contribution in [0.5, 0.6) is 0 Å². The molecule has 2 heterocycles. The van der Waals surface area contributed by atoms with Gasteiger partial charge in [0.25, 0.3) is 0 Å². The van der Waals surface area contributed by atoms with Crippen molar-refractivity contribution >= 4 is 27.3 Å². The highest BCUT2D eigenvalue weighted by molar-refractivity contribution is 7.89. The monoisotopic (exact) mass is 413 g/mol. The van der Waals surface area contributed by atoms with Crippen LogP contribution in [0.4, 0.5) is 0 Å². The van der Waals surface area contributed by atoms with Crippen LogP contribution in [0.25, 0.3) is 0 Å². The van der Waals surface area contributed by atoms with Crippen molar-refractivity contribution in [1.29, 1.82) is 0 Å². The Morgan fingerprint density at radius 2 is 2.11 bits per heavy atom. The molecule has 0 amide bonds. The first kappa shape index (κ1) is 21.4. The van der Waals surface area contributed by atoms with Crippen LogP contribution in [0.3, 0.4) is 0 Å². The van der Waals surface area contributed by atoms with Gasteiger partial charge in [0.05, 0.1) is 11.4 Å². The van der Waals surface area contributed by atoms with E-state index >= 15 is 0 Å². The predicted molar refractivity (Wildman–Crippen MR) is 108 cm³/mol. The normalized spacial score (nSPS) is 14.7. The summed E-state index contributed by atoms with van der Waals surface area (Å²) < 4.78 is 28.6. The Bertz CT molecular complexity index is 842. The van der Waals surface area contributed by atoms with E-state index in [0.717, 1.165) is 4.88 Å². The highest BCUT2D eigenvalue weighted by Crippen LogP contribution is 2.25. The predicted octanol–water partition coefficient (Wildman–Crippen LogP) is 0.828. The van der Waals surface area contributed by atoms with E-state index in [-0.39, 0.29) is 18.0 Å². The minimum atomic E-state index is -3.52. The zero-order valence-electron chi connectivity index (χ0n) is 15.8. The minimum Gasteiger partial charge on any atom is -0.383 e. The van der Waals surface area contributed by atoms with Gasteiger partial charge in [0.15, 0.2) is 5.96 Å². The van der Waals surface area contributed by atoms with Crippen LogP contribution in [-0.4, -0.2) is 50.2 Å². The van der Waals surface area contributed by atoms with Gasteiger partial charge in [0.2, 0.25) is 10.0 Å². The minimum absolute atomic E-state index is 0.193. The van der Waals surface area contributed by atoms with Gasteiger partial charge in [-0.05, 0) is 31.4 Å². The maximum absolute atomic E-state index is 12.2. The lowest BCUT2D eigenvalue weighted by atomic mass is 10.1. The molecule has 0 saturated carbocycles. The Morgan fingerprint density at radius 3 is 2.70 bits per heavy atom. The van der Waals surface area contributed by atoms with Gasteiger partial charge in [-0.1, -0.05) is 6.07 Å². The lowest BCUT2D eigenvalue weighted by Crippen LogP contribution is -2.42. The molecule has 150 valence electrons. The van der Waals surface area contributed by atoms with Gasteiger partial charge in [-0.25, -0.2) is 18.1 Å². The topological polar surface area (TPSA) is 108 Å². The van der Waals surface area contributed by atoms with E-state index in [9.17, 15) is 13.5 Å². The highest BCUT2D eigenvalue weighted by atomic mass is 32.2. The zero-order chi connectivity index (χ0) is 19.9. The van der Waals surface area contributed by atoms with E-state index in [1.807, 2.05) is 24.4 Å². The van der Waals surface area contributed by atoms with Crippen LogP contribution < -0.4 is 15.4 Å². The Morgan fingerprint density at radius 1 is 1.33 bits per heavy atom. The van der Waals surface area contributed by atoms with E-state index in [1.165, 1.54) is 11.3 Å².